The molecule has 0 bridgehead atoms. The van der Waals surface area contributed by atoms with Gasteiger partial charge in [0.15, 0.2) is 0 Å². The van der Waals surface area contributed by atoms with E-state index in [0.717, 1.165) is 24.5 Å². The Labute approximate surface area is 147 Å². The van der Waals surface area contributed by atoms with Crippen LogP contribution in [0, 0.1) is 6.92 Å². The third kappa shape index (κ3) is 3.82. The second-order valence-corrected chi connectivity index (χ2v) is 6.93. The predicted octanol–water partition coefficient (Wildman–Crippen LogP) is 1.23. The van der Waals surface area contributed by atoms with Crippen LogP contribution in [0.2, 0.25) is 0 Å². The molecule has 7 nitrogen and oxygen atoms in total. The number of aromatic nitrogens is 3. The van der Waals surface area contributed by atoms with Crippen molar-refractivity contribution in [3.63, 3.8) is 0 Å². The second-order valence-electron chi connectivity index (χ2n) is 6.93. The number of aryl methyl sites for hydroxylation is 2. The highest BCUT2D eigenvalue weighted by Crippen LogP contribution is 2.26. The van der Waals surface area contributed by atoms with Gasteiger partial charge in [0.05, 0.1) is 12.1 Å². The van der Waals surface area contributed by atoms with Crippen LogP contribution in [-0.2, 0) is 7.05 Å². The molecule has 7 heteroatoms. The van der Waals surface area contributed by atoms with Gasteiger partial charge < -0.3 is 19.5 Å². The zero-order valence-corrected chi connectivity index (χ0v) is 15.0. The normalized spacial score (nSPS) is 20.6. The first-order valence-electron chi connectivity index (χ1n) is 8.51. The molecule has 0 aromatic carbocycles. The Morgan fingerprint density at radius 2 is 2.24 bits per heavy atom. The Kier molecular flexibility index (Phi) is 4.76. The molecule has 0 radical (unpaired) electrons. The lowest BCUT2D eigenvalue weighted by molar-refractivity contribution is -0.000378. The van der Waals surface area contributed by atoms with Gasteiger partial charge in [-0.15, -0.1) is 0 Å². The molecule has 0 spiro atoms. The average molecular weight is 343 g/mol. The molecule has 2 aromatic heterocycles. The number of rotatable bonds is 4. The van der Waals surface area contributed by atoms with Gasteiger partial charge in [-0.25, -0.2) is 9.97 Å². The van der Waals surface area contributed by atoms with Gasteiger partial charge in [0.1, 0.15) is 17.8 Å². The van der Waals surface area contributed by atoms with Crippen molar-refractivity contribution < 1.29 is 9.90 Å². The van der Waals surface area contributed by atoms with E-state index in [0.29, 0.717) is 18.7 Å². The molecule has 3 rings (SSSR count). The van der Waals surface area contributed by atoms with Gasteiger partial charge in [0.2, 0.25) is 0 Å². The number of likely N-dealkylation sites (N-methyl/N-ethyl adjacent to an activating group) is 1. The van der Waals surface area contributed by atoms with Crippen LogP contribution in [0.4, 0.5) is 5.82 Å². The van der Waals surface area contributed by atoms with Crippen molar-refractivity contribution in [1.29, 1.82) is 0 Å². The number of piperidine rings is 1. The predicted molar refractivity (Wildman–Crippen MR) is 95.5 cm³/mol. The van der Waals surface area contributed by atoms with E-state index < -0.39 is 5.60 Å². The third-order valence-corrected chi connectivity index (χ3v) is 4.71. The first kappa shape index (κ1) is 17.4. The van der Waals surface area contributed by atoms with E-state index in [1.54, 1.807) is 28.9 Å². The summed E-state index contributed by atoms with van der Waals surface area (Å²) < 4.78 is 1.79. The fourth-order valence-corrected chi connectivity index (χ4v) is 3.44. The van der Waals surface area contributed by atoms with Crippen LogP contribution in [0.15, 0.2) is 30.7 Å². The first-order valence-corrected chi connectivity index (χ1v) is 8.51. The molecule has 1 unspecified atom stereocenters. The molecule has 25 heavy (non-hydrogen) atoms. The summed E-state index contributed by atoms with van der Waals surface area (Å²) in [5, 5.41) is 11.1. The van der Waals surface area contributed by atoms with Crippen molar-refractivity contribution in [3.05, 3.63) is 42.1 Å². The summed E-state index contributed by atoms with van der Waals surface area (Å²) in [6.07, 6.45) is 4.91. The van der Waals surface area contributed by atoms with Crippen LogP contribution in [0.1, 0.15) is 29.0 Å². The number of aliphatic hydroxyl groups is 1. The molecule has 1 aliphatic heterocycles. The van der Waals surface area contributed by atoms with E-state index in [1.165, 1.54) is 0 Å². The van der Waals surface area contributed by atoms with Crippen LogP contribution >= 0.6 is 0 Å². The number of amides is 1. The Morgan fingerprint density at radius 1 is 1.44 bits per heavy atom. The van der Waals surface area contributed by atoms with E-state index in [2.05, 4.69) is 14.9 Å². The van der Waals surface area contributed by atoms with Gasteiger partial charge >= 0.3 is 0 Å². The van der Waals surface area contributed by atoms with Crippen LogP contribution in [0.5, 0.6) is 0 Å². The minimum atomic E-state index is -0.952. The van der Waals surface area contributed by atoms with Gasteiger partial charge in [-0.2, -0.15) is 0 Å². The Hall–Kier alpha value is -2.41. The molecule has 2 aromatic rings. The van der Waals surface area contributed by atoms with Crippen LogP contribution in [0.25, 0.3) is 0 Å². The smallest absolute Gasteiger partial charge is 0.270 e. The van der Waals surface area contributed by atoms with Crippen molar-refractivity contribution in [2.45, 2.75) is 25.4 Å². The number of anilines is 1. The van der Waals surface area contributed by atoms with Crippen molar-refractivity contribution in [2.75, 3.05) is 31.6 Å². The molecule has 1 amide bonds. The van der Waals surface area contributed by atoms with Crippen LogP contribution in [0.3, 0.4) is 0 Å². The highest BCUT2D eigenvalue weighted by atomic mass is 16.3. The number of carbonyl (C=O) groups excluding carboxylic acids is 1. The molecular weight excluding hydrogens is 318 g/mol. The van der Waals surface area contributed by atoms with Crippen molar-refractivity contribution >= 4 is 11.7 Å². The van der Waals surface area contributed by atoms with Crippen LogP contribution in [-0.4, -0.2) is 62.7 Å². The Bertz CT molecular complexity index is 759. The molecule has 1 saturated heterocycles. The lowest BCUT2D eigenvalue weighted by atomic mass is 9.92. The number of hydrogen-bond donors (Lipinski definition) is 1. The maximum absolute atomic E-state index is 12.6. The van der Waals surface area contributed by atoms with Crippen molar-refractivity contribution in [2.24, 2.45) is 7.05 Å². The van der Waals surface area contributed by atoms with Gasteiger partial charge in [0, 0.05) is 45.1 Å². The van der Waals surface area contributed by atoms with Gasteiger partial charge in [-0.1, -0.05) is 0 Å². The molecular formula is C18H25N5O2. The topological polar surface area (TPSA) is 74.5 Å². The Balaban J connectivity index is 1.70. The maximum Gasteiger partial charge on any atom is 0.270 e. The highest BCUT2D eigenvalue weighted by Gasteiger charge is 2.36. The molecule has 1 atom stereocenters. The molecule has 0 aliphatic carbocycles. The van der Waals surface area contributed by atoms with Crippen molar-refractivity contribution in [1.82, 2.24) is 19.4 Å². The standard InChI is InChI=1S/C18H25N5O2/c1-14-10-16(20-13-19-14)23-9-5-7-18(25,12-23)11-22(3)17(24)15-6-4-8-21(15)2/h4,6,8,10,13,25H,5,7,9,11-12H2,1-3H3. The average Bonchev–Trinajstić information content (AvgIpc) is 2.99. The summed E-state index contributed by atoms with van der Waals surface area (Å²) in [6, 6.07) is 5.56. The zero-order valence-electron chi connectivity index (χ0n) is 15.0. The van der Waals surface area contributed by atoms with Gasteiger partial charge in [-0.3, -0.25) is 4.79 Å². The lowest BCUT2D eigenvalue weighted by Gasteiger charge is -2.41. The minimum Gasteiger partial charge on any atom is -0.386 e. The quantitative estimate of drug-likeness (QED) is 0.904. The number of β-amino-alcohol motifs (C(OH)–C–C–N with tert-alkyl or cyclic N) is 1. The van der Waals surface area contributed by atoms with Crippen LogP contribution < -0.4 is 4.90 Å². The zero-order chi connectivity index (χ0) is 18.0. The first-order chi connectivity index (χ1) is 11.9. The number of hydrogen-bond acceptors (Lipinski definition) is 5. The summed E-state index contributed by atoms with van der Waals surface area (Å²) in [7, 11) is 3.58. The second kappa shape index (κ2) is 6.84. The molecule has 0 saturated carbocycles. The number of carbonyl (C=O) groups is 1. The summed E-state index contributed by atoms with van der Waals surface area (Å²) in [6.45, 7) is 3.51. The van der Waals surface area contributed by atoms with E-state index in [9.17, 15) is 9.90 Å². The third-order valence-electron chi connectivity index (χ3n) is 4.71. The summed E-state index contributed by atoms with van der Waals surface area (Å²) in [5.74, 6) is 0.734. The highest BCUT2D eigenvalue weighted by molar-refractivity contribution is 5.92. The molecule has 3 heterocycles. The van der Waals surface area contributed by atoms with E-state index in [1.807, 2.05) is 32.3 Å². The molecule has 1 aliphatic rings. The molecule has 1 N–H and O–H groups in total. The fourth-order valence-electron chi connectivity index (χ4n) is 3.44. The Morgan fingerprint density at radius 3 is 2.92 bits per heavy atom. The summed E-state index contributed by atoms with van der Waals surface area (Å²) in [5.41, 5.74) is 0.562. The molecule has 1 fully saturated rings. The largest absolute Gasteiger partial charge is 0.386 e. The molecule has 134 valence electrons. The van der Waals surface area contributed by atoms with E-state index in [4.69, 9.17) is 0 Å². The fraction of sp³-hybridized carbons (Fsp3) is 0.500. The van der Waals surface area contributed by atoms with Crippen molar-refractivity contribution in [3.8, 4) is 0 Å². The monoisotopic (exact) mass is 343 g/mol. The maximum atomic E-state index is 12.6. The summed E-state index contributed by atoms with van der Waals surface area (Å²) >= 11 is 0. The lowest BCUT2D eigenvalue weighted by Crippen LogP contribution is -2.55. The minimum absolute atomic E-state index is 0.0871. The van der Waals surface area contributed by atoms with E-state index in [-0.39, 0.29) is 12.5 Å². The number of nitrogens with zero attached hydrogens (tertiary/aromatic N) is 5. The SMILES string of the molecule is Cc1cc(N2CCCC(O)(CN(C)C(=O)c3cccn3C)C2)ncn1. The van der Waals surface area contributed by atoms with Gasteiger partial charge in [-0.05, 0) is 31.9 Å². The van der Waals surface area contributed by atoms with E-state index >= 15 is 0 Å². The van der Waals surface area contributed by atoms with Gasteiger partial charge in [0.25, 0.3) is 5.91 Å². The summed E-state index contributed by atoms with van der Waals surface area (Å²) in [4.78, 5) is 24.7.